The van der Waals surface area contributed by atoms with Crippen LogP contribution >= 0.6 is 11.6 Å². The molecule has 0 fully saturated rings. The summed E-state index contributed by atoms with van der Waals surface area (Å²) in [5.41, 5.74) is 1.08. The summed E-state index contributed by atoms with van der Waals surface area (Å²) >= 11 is 5.97. The van der Waals surface area contributed by atoms with Crippen LogP contribution in [-0.2, 0) is 4.74 Å². The van der Waals surface area contributed by atoms with E-state index in [9.17, 15) is 19.7 Å². The fourth-order valence-corrected chi connectivity index (χ4v) is 3.40. The van der Waals surface area contributed by atoms with Crippen LogP contribution in [0.1, 0.15) is 32.4 Å². The summed E-state index contributed by atoms with van der Waals surface area (Å²) in [6, 6.07) is 26.9. The minimum absolute atomic E-state index is 0.0456. The van der Waals surface area contributed by atoms with Crippen molar-refractivity contribution >= 4 is 29.0 Å². The lowest BCUT2D eigenvalue weighted by Gasteiger charge is -2.18. The van der Waals surface area contributed by atoms with E-state index in [2.05, 4.69) is 0 Å². The van der Waals surface area contributed by atoms with E-state index < -0.39 is 17.0 Å². The van der Waals surface area contributed by atoms with Gasteiger partial charge < -0.3 is 9.47 Å². The average Bonchev–Trinajstić information content (AvgIpc) is 2.88. The van der Waals surface area contributed by atoms with Crippen molar-refractivity contribution < 1.29 is 24.0 Å². The molecule has 0 amide bonds. The van der Waals surface area contributed by atoms with Crippen LogP contribution in [0.2, 0.25) is 5.02 Å². The first-order chi connectivity index (χ1) is 16.9. The van der Waals surface area contributed by atoms with Crippen molar-refractivity contribution in [1.29, 1.82) is 0 Å². The zero-order valence-electron chi connectivity index (χ0n) is 18.2. The van der Waals surface area contributed by atoms with Gasteiger partial charge in [-0.25, -0.2) is 4.79 Å². The lowest BCUT2D eigenvalue weighted by atomic mass is 9.99. The predicted molar refractivity (Wildman–Crippen MR) is 130 cm³/mol. The van der Waals surface area contributed by atoms with Crippen molar-refractivity contribution in [2.24, 2.45) is 0 Å². The molecule has 0 radical (unpaired) electrons. The quantitative estimate of drug-likeness (QED) is 0.117. The van der Waals surface area contributed by atoms with Gasteiger partial charge in [-0.2, -0.15) is 0 Å². The van der Waals surface area contributed by atoms with Crippen molar-refractivity contribution in [2.45, 2.75) is 6.10 Å². The minimum atomic E-state index is -1.15. The molecule has 0 aromatic heterocycles. The summed E-state index contributed by atoms with van der Waals surface area (Å²) in [5, 5.41) is 11.3. The standard InChI is InChI=1S/C27H18ClNO6/c28-21-10-6-19(7-11-21)26(25(30)18-4-2-1-3-5-18)35-27(31)20-8-14-23(15-9-20)34-24-16-12-22(13-17-24)29(32)33/h1-17,26H/t26-/m1/s1. The van der Waals surface area contributed by atoms with Crippen molar-refractivity contribution in [3.8, 4) is 11.5 Å². The first-order valence-electron chi connectivity index (χ1n) is 10.5. The number of nitro groups is 1. The number of nitrogens with zero attached hydrogens (tertiary/aromatic N) is 1. The number of carbonyl (C=O) groups excluding carboxylic acids is 2. The number of ether oxygens (including phenoxy) is 2. The Labute approximate surface area is 205 Å². The lowest BCUT2D eigenvalue weighted by Crippen LogP contribution is -2.20. The number of non-ortho nitro benzene ring substituents is 1. The highest BCUT2D eigenvalue weighted by Gasteiger charge is 2.27. The van der Waals surface area contributed by atoms with Crippen molar-refractivity contribution in [2.75, 3.05) is 0 Å². The first kappa shape index (κ1) is 23.7. The predicted octanol–water partition coefficient (Wildman–Crippen LogP) is 6.82. The topological polar surface area (TPSA) is 95.7 Å². The Balaban J connectivity index is 1.50. The second-order valence-corrected chi connectivity index (χ2v) is 7.88. The highest BCUT2D eigenvalue weighted by molar-refractivity contribution is 6.30. The van der Waals surface area contributed by atoms with E-state index in [0.717, 1.165) is 0 Å². The summed E-state index contributed by atoms with van der Waals surface area (Å²) in [6.07, 6.45) is -1.15. The summed E-state index contributed by atoms with van der Waals surface area (Å²) in [5.74, 6) is -0.220. The highest BCUT2D eigenvalue weighted by atomic mass is 35.5. The molecule has 4 aromatic rings. The lowest BCUT2D eigenvalue weighted by molar-refractivity contribution is -0.384. The number of esters is 1. The molecule has 35 heavy (non-hydrogen) atoms. The highest BCUT2D eigenvalue weighted by Crippen LogP contribution is 2.27. The molecule has 0 heterocycles. The summed E-state index contributed by atoms with van der Waals surface area (Å²) in [6.45, 7) is 0. The molecule has 4 rings (SSSR count). The number of nitro benzene ring substituents is 1. The van der Waals surface area contributed by atoms with Crippen molar-refractivity contribution in [3.05, 3.63) is 135 Å². The smallest absolute Gasteiger partial charge is 0.339 e. The molecule has 174 valence electrons. The van der Waals surface area contributed by atoms with Gasteiger partial charge in [0.2, 0.25) is 5.78 Å². The molecule has 0 aliphatic rings. The zero-order chi connectivity index (χ0) is 24.8. The number of halogens is 1. The number of hydrogen-bond acceptors (Lipinski definition) is 6. The molecule has 0 unspecified atom stereocenters. The third-order valence-electron chi connectivity index (χ3n) is 5.07. The maximum Gasteiger partial charge on any atom is 0.339 e. The van der Waals surface area contributed by atoms with Crippen LogP contribution in [0.4, 0.5) is 5.69 Å². The SMILES string of the molecule is O=C(O[C@@H](C(=O)c1ccccc1)c1ccc(Cl)cc1)c1ccc(Oc2ccc([N+](=O)[O-])cc2)cc1. The number of benzene rings is 4. The van der Waals surface area contributed by atoms with Crippen LogP contribution in [0.25, 0.3) is 0 Å². The van der Waals surface area contributed by atoms with Gasteiger partial charge >= 0.3 is 5.97 Å². The van der Waals surface area contributed by atoms with E-state index in [0.29, 0.717) is 27.6 Å². The van der Waals surface area contributed by atoms with E-state index in [4.69, 9.17) is 21.1 Å². The molecule has 1 atom stereocenters. The van der Waals surface area contributed by atoms with Gasteiger partial charge in [-0.05, 0) is 48.5 Å². The van der Waals surface area contributed by atoms with Gasteiger partial charge in [0.1, 0.15) is 11.5 Å². The first-order valence-corrected chi connectivity index (χ1v) is 10.9. The fourth-order valence-electron chi connectivity index (χ4n) is 3.27. The second kappa shape index (κ2) is 10.6. The fraction of sp³-hybridized carbons (Fsp3) is 0.0370. The van der Waals surface area contributed by atoms with E-state index in [1.165, 1.54) is 36.4 Å². The van der Waals surface area contributed by atoms with E-state index in [1.807, 2.05) is 0 Å². The molecule has 0 saturated carbocycles. The summed E-state index contributed by atoms with van der Waals surface area (Å²) < 4.78 is 11.3. The van der Waals surface area contributed by atoms with Crippen molar-refractivity contribution in [3.63, 3.8) is 0 Å². The molecule has 0 bridgehead atoms. The van der Waals surface area contributed by atoms with Gasteiger partial charge in [-0.3, -0.25) is 14.9 Å². The Morgan fingerprint density at radius 2 is 1.31 bits per heavy atom. The van der Waals surface area contributed by atoms with E-state index >= 15 is 0 Å². The molecule has 8 heteroatoms. The van der Waals surface area contributed by atoms with Crippen molar-refractivity contribution in [1.82, 2.24) is 0 Å². The van der Waals surface area contributed by atoms with E-state index in [1.54, 1.807) is 66.7 Å². The zero-order valence-corrected chi connectivity index (χ0v) is 18.9. The normalized spacial score (nSPS) is 11.3. The average molecular weight is 488 g/mol. The van der Waals surface area contributed by atoms with Gasteiger partial charge in [-0.1, -0.05) is 54.1 Å². The second-order valence-electron chi connectivity index (χ2n) is 7.44. The number of hydrogen-bond donors (Lipinski definition) is 0. The van der Waals surface area contributed by atoms with Crippen LogP contribution in [0.15, 0.2) is 103 Å². The Bertz CT molecular complexity index is 1340. The molecule has 4 aromatic carbocycles. The minimum Gasteiger partial charge on any atom is -0.457 e. The van der Waals surface area contributed by atoms with Crippen LogP contribution in [0, 0.1) is 10.1 Å². The monoisotopic (exact) mass is 487 g/mol. The number of ketones is 1. The molecule has 0 saturated heterocycles. The Morgan fingerprint density at radius 1 is 0.743 bits per heavy atom. The van der Waals surface area contributed by atoms with Gasteiger partial charge in [-0.15, -0.1) is 0 Å². The maximum absolute atomic E-state index is 13.1. The summed E-state index contributed by atoms with van der Waals surface area (Å²) in [4.78, 5) is 36.3. The van der Waals surface area contributed by atoms with Crippen LogP contribution in [-0.4, -0.2) is 16.7 Å². The molecular formula is C27H18ClNO6. The Hall–Kier alpha value is -4.49. The van der Waals surface area contributed by atoms with Gasteiger partial charge in [0.05, 0.1) is 10.5 Å². The van der Waals surface area contributed by atoms with Gasteiger partial charge in [0.25, 0.3) is 5.69 Å². The maximum atomic E-state index is 13.1. The molecule has 0 spiro atoms. The Morgan fingerprint density at radius 3 is 1.89 bits per heavy atom. The largest absolute Gasteiger partial charge is 0.457 e. The van der Waals surface area contributed by atoms with Gasteiger partial charge in [0.15, 0.2) is 6.10 Å². The molecule has 0 N–H and O–H groups in total. The summed E-state index contributed by atoms with van der Waals surface area (Å²) in [7, 11) is 0. The van der Waals surface area contributed by atoms with Crippen LogP contribution in [0.3, 0.4) is 0 Å². The van der Waals surface area contributed by atoms with Crippen LogP contribution < -0.4 is 4.74 Å². The number of carbonyl (C=O) groups is 2. The Kier molecular flexibility index (Phi) is 7.18. The molecule has 0 aliphatic heterocycles. The third-order valence-corrected chi connectivity index (χ3v) is 5.32. The molecular weight excluding hydrogens is 470 g/mol. The number of Topliss-reactive ketones (excluding diaryl/α,β-unsaturated/α-hetero) is 1. The van der Waals surface area contributed by atoms with Crippen LogP contribution in [0.5, 0.6) is 11.5 Å². The third kappa shape index (κ3) is 5.90. The number of rotatable bonds is 8. The van der Waals surface area contributed by atoms with Gasteiger partial charge in [0, 0.05) is 28.3 Å². The molecule has 0 aliphatic carbocycles. The van der Waals surface area contributed by atoms with E-state index in [-0.39, 0.29) is 17.0 Å². The molecule has 7 nitrogen and oxygen atoms in total.